The molecule has 0 amide bonds. The van der Waals surface area contributed by atoms with E-state index in [0.717, 1.165) is 5.69 Å². The number of aromatic nitrogens is 1. The van der Waals surface area contributed by atoms with Crippen LogP contribution in [0.15, 0.2) is 36.4 Å². The standard InChI is InChI=1S/C13H13NO/c1-10(15)7-8-12-9-11-5-3-4-6-13(11)14(12)2/h3-9H,1-2H3/b8-7+. The number of hydrogen-bond donors (Lipinski definition) is 0. The number of nitrogens with zero attached hydrogens (tertiary/aromatic N) is 1. The normalized spacial score (nSPS) is 11.3. The fourth-order valence-corrected chi connectivity index (χ4v) is 1.67. The van der Waals surface area contributed by atoms with Gasteiger partial charge in [-0.15, -0.1) is 0 Å². The molecule has 0 aliphatic rings. The van der Waals surface area contributed by atoms with Gasteiger partial charge in [0.15, 0.2) is 5.78 Å². The number of allylic oxidation sites excluding steroid dienone is 1. The highest BCUT2D eigenvalue weighted by atomic mass is 16.1. The highest BCUT2D eigenvalue weighted by Crippen LogP contribution is 2.18. The third kappa shape index (κ3) is 1.84. The Hall–Kier alpha value is -1.83. The van der Waals surface area contributed by atoms with Crippen molar-refractivity contribution in [3.63, 3.8) is 0 Å². The molecule has 1 aromatic carbocycles. The van der Waals surface area contributed by atoms with E-state index in [2.05, 4.69) is 22.8 Å². The van der Waals surface area contributed by atoms with Crippen LogP contribution in [0.1, 0.15) is 12.6 Å². The van der Waals surface area contributed by atoms with Crippen LogP contribution >= 0.6 is 0 Å². The molecule has 0 fully saturated rings. The first-order valence-corrected chi connectivity index (χ1v) is 4.91. The quantitative estimate of drug-likeness (QED) is 0.682. The van der Waals surface area contributed by atoms with Crippen LogP contribution in [0, 0.1) is 0 Å². The van der Waals surface area contributed by atoms with E-state index in [-0.39, 0.29) is 5.78 Å². The lowest BCUT2D eigenvalue weighted by molar-refractivity contribution is -0.112. The average molecular weight is 199 g/mol. The molecule has 0 N–H and O–H groups in total. The molecule has 0 atom stereocenters. The fourth-order valence-electron chi connectivity index (χ4n) is 1.67. The number of carbonyl (C=O) groups excluding carboxylic acids is 1. The molecule has 76 valence electrons. The van der Waals surface area contributed by atoms with Crippen LogP contribution in [0.25, 0.3) is 17.0 Å². The van der Waals surface area contributed by atoms with Crippen LogP contribution < -0.4 is 0 Å². The van der Waals surface area contributed by atoms with E-state index >= 15 is 0 Å². The molecule has 0 aliphatic carbocycles. The maximum atomic E-state index is 10.8. The SMILES string of the molecule is CC(=O)/C=C/c1cc2ccccc2n1C. The number of carbonyl (C=O) groups is 1. The Morgan fingerprint density at radius 1 is 1.33 bits per heavy atom. The van der Waals surface area contributed by atoms with Gasteiger partial charge in [0, 0.05) is 23.6 Å². The highest BCUT2D eigenvalue weighted by molar-refractivity contribution is 5.92. The van der Waals surface area contributed by atoms with Gasteiger partial charge in [0.05, 0.1) is 0 Å². The minimum absolute atomic E-state index is 0.0697. The van der Waals surface area contributed by atoms with Crippen molar-refractivity contribution in [1.29, 1.82) is 0 Å². The van der Waals surface area contributed by atoms with Crippen LogP contribution in [-0.2, 0) is 11.8 Å². The van der Waals surface area contributed by atoms with Crippen molar-refractivity contribution in [3.05, 3.63) is 42.1 Å². The lowest BCUT2D eigenvalue weighted by Gasteiger charge is -1.98. The van der Waals surface area contributed by atoms with Crippen molar-refractivity contribution >= 4 is 22.8 Å². The summed E-state index contributed by atoms with van der Waals surface area (Å²) in [4.78, 5) is 10.8. The molecule has 1 aromatic heterocycles. The summed E-state index contributed by atoms with van der Waals surface area (Å²) in [5, 5.41) is 1.20. The van der Waals surface area contributed by atoms with Gasteiger partial charge in [-0.1, -0.05) is 18.2 Å². The Morgan fingerprint density at radius 2 is 2.07 bits per heavy atom. The molecule has 15 heavy (non-hydrogen) atoms. The minimum Gasteiger partial charge on any atom is -0.344 e. The first-order chi connectivity index (χ1) is 7.18. The summed E-state index contributed by atoms with van der Waals surface area (Å²) in [6.07, 6.45) is 3.44. The van der Waals surface area contributed by atoms with Crippen molar-refractivity contribution in [2.45, 2.75) is 6.92 Å². The summed E-state index contributed by atoms with van der Waals surface area (Å²) in [6.45, 7) is 1.55. The molecule has 0 saturated heterocycles. The zero-order valence-corrected chi connectivity index (χ0v) is 8.90. The molecule has 0 aliphatic heterocycles. The lowest BCUT2D eigenvalue weighted by Crippen LogP contribution is -1.90. The third-order valence-electron chi connectivity index (χ3n) is 2.48. The maximum absolute atomic E-state index is 10.8. The first kappa shape index (κ1) is 9.71. The molecule has 1 heterocycles. The van der Waals surface area contributed by atoms with E-state index < -0.39 is 0 Å². The predicted octanol–water partition coefficient (Wildman–Crippen LogP) is 2.78. The Labute approximate surface area is 88.8 Å². The summed E-state index contributed by atoms with van der Waals surface area (Å²) >= 11 is 0. The summed E-state index contributed by atoms with van der Waals surface area (Å²) in [6, 6.07) is 10.2. The average Bonchev–Trinajstić information content (AvgIpc) is 2.54. The number of hydrogen-bond acceptors (Lipinski definition) is 1. The second-order valence-electron chi connectivity index (χ2n) is 3.63. The zero-order chi connectivity index (χ0) is 10.8. The lowest BCUT2D eigenvalue weighted by atomic mass is 10.2. The number of ketones is 1. The summed E-state index contributed by atoms with van der Waals surface area (Å²) < 4.78 is 2.08. The van der Waals surface area contributed by atoms with Gasteiger partial charge in [-0.3, -0.25) is 4.79 Å². The molecule has 2 nitrogen and oxygen atoms in total. The third-order valence-corrected chi connectivity index (χ3v) is 2.48. The van der Waals surface area contributed by atoms with Gasteiger partial charge in [-0.2, -0.15) is 0 Å². The van der Waals surface area contributed by atoms with E-state index in [9.17, 15) is 4.79 Å². The Morgan fingerprint density at radius 3 is 2.73 bits per heavy atom. The number of para-hydroxylation sites is 1. The molecule has 2 rings (SSSR count). The van der Waals surface area contributed by atoms with Crippen molar-refractivity contribution < 1.29 is 4.79 Å². The van der Waals surface area contributed by atoms with E-state index in [0.29, 0.717) is 0 Å². The molecule has 0 unspecified atom stereocenters. The fraction of sp³-hybridized carbons (Fsp3) is 0.154. The maximum Gasteiger partial charge on any atom is 0.152 e. The summed E-state index contributed by atoms with van der Waals surface area (Å²) in [5.41, 5.74) is 2.23. The zero-order valence-electron chi connectivity index (χ0n) is 8.90. The number of aryl methyl sites for hydroxylation is 1. The van der Waals surface area contributed by atoms with Crippen LogP contribution in [0.3, 0.4) is 0 Å². The number of fused-ring (bicyclic) bond motifs is 1. The van der Waals surface area contributed by atoms with Crippen LogP contribution in [0.4, 0.5) is 0 Å². The highest BCUT2D eigenvalue weighted by Gasteiger charge is 2.01. The number of benzene rings is 1. The second kappa shape index (κ2) is 3.73. The van der Waals surface area contributed by atoms with Gasteiger partial charge in [-0.25, -0.2) is 0 Å². The van der Waals surface area contributed by atoms with Crippen molar-refractivity contribution in [3.8, 4) is 0 Å². The van der Waals surface area contributed by atoms with Gasteiger partial charge in [0.25, 0.3) is 0 Å². The monoisotopic (exact) mass is 199 g/mol. The van der Waals surface area contributed by atoms with E-state index in [1.165, 1.54) is 10.9 Å². The summed E-state index contributed by atoms with van der Waals surface area (Å²) in [5.74, 6) is 0.0697. The van der Waals surface area contributed by atoms with E-state index in [4.69, 9.17) is 0 Å². The van der Waals surface area contributed by atoms with Crippen molar-refractivity contribution in [2.75, 3.05) is 0 Å². The van der Waals surface area contributed by atoms with Crippen LogP contribution in [0.5, 0.6) is 0 Å². The molecule has 0 saturated carbocycles. The van der Waals surface area contributed by atoms with Gasteiger partial charge in [-0.05, 0) is 31.2 Å². The first-order valence-electron chi connectivity index (χ1n) is 4.91. The van der Waals surface area contributed by atoms with Gasteiger partial charge >= 0.3 is 0 Å². The Balaban J connectivity index is 2.53. The molecule has 0 bridgehead atoms. The predicted molar refractivity (Wildman–Crippen MR) is 62.6 cm³/mol. The molecular weight excluding hydrogens is 186 g/mol. The largest absolute Gasteiger partial charge is 0.344 e. The van der Waals surface area contributed by atoms with Gasteiger partial charge < -0.3 is 4.57 Å². The van der Waals surface area contributed by atoms with E-state index in [1.54, 1.807) is 13.0 Å². The minimum atomic E-state index is 0.0697. The molecule has 0 spiro atoms. The molecule has 2 aromatic rings. The van der Waals surface area contributed by atoms with Crippen molar-refractivity contribution in [1.82, 2.24) is 4.57 Å². The van der Waals surface area contributed by atoms with Gasteiger partial charge in [0.2, 0.25) is 0 Å². The van der Waals surface area contributed by atoms with Gasteiger partial charge in [0.1, 0.15) is 0 Å². The van der Waals surface area contributed by atoms with Crippen molar-refractivity contribution in [2.24, 2.45) is 7.05 Å². The molecule has 2 heteroatoms. The Bertz CT molecular complexity index is 534. The van der Waals surface area contributed by atoms with Crippen LogP contribution in [0.2, 0.25) is 0 Å². The van der Waals surface area contributed by atoms with E-state index in [1.807, 2.05) is 25.3 Å². The molecular formula is C13H13NO. The second-order valence-corrected chi connectivity index (χ2v) is 3.63. The topological polar surface area (TPSA) is 22.0 Å². The number of rotatable bonds is 2. The summed E-state index contributed by atoms with van der Waals surface area (Å²) in [7, 11) is 2.00. The molecule has 0 radical (unpaired) electrons. The Kier molecular flexibility index (Phi) is 2.42. The smallest absolute Gasteiger partial charge is 0.152 e. The van der Waals surface area contributed by atoms with Crippen LogP contribution in [-0.4, -0.2) is 10.4 Å².